The lowest BCUT2D eigenvalue weighted by Crippen LogP contribution is -2.17. The number of aromatic nitrogens is 5. The first-order valence-electron chi connectivity index (χ1n) is 10.4. The van der Waals surface area contributed by atoms with Crippen LogP contribution in [0.1, 0.15) is 47.4 Å². The lowest BCUT2D eigenvalue weighted by molar-refractivity contribution is 0.350. The molecule has 0 aliphatic heterocycles. The Labute approximate surface area is 206 Å². The van der Waals surface area contributed by atoms with Crippen molar-refractivity contribution in [2.24, 2.45) is 5.41 Å². The first kappa shape index (κ1) is 26.6. The molecule has 9 heteroatoms. The van der Waals surface area contributed by atoms with Crippen molar-refractivity contribution in [3.8, 4) is 22.6 Å². The number of hydrogen-bond donors (Lipinski definition) is 2. The summed E-state index contributed by atoms with van der Waals surface area (Å²) >= 11 is 0. The third-order valence-corrected chi connectivity index (χ3v) is 5.04. The molecule has 4 aromatic rings. The van der Waals surface area contributed by atoms with Crippen LogP contribution in [0.4, 0.5) is 10.3 Å². The first-order valence-corrected chi connectivity index (χ1v) is 10.4. The molecule has 0 aliphatic carbocycles. The number of halogens is 3. The van der Waals surface area contributed by atoms with Gasteiger partial charge in [-0.1, -0.05) is 41.5 Å². The highest BCUT2D eigenvalue weighted by Gasteiger charge is 2.24. The van der Waals surface area contributed by atoms with Gasteiger partial charge < -0.3 is 10.7 Å². The predicted molar refractivity (Wildman–Crippen MR) is 138 cm³/mol. The second kappa shape index (κ2) is 9.31. The van der Waals surface area contributed by atoms with Gasteiger partial charge in [0.2, 0.25) is 5.95 Å². The molecule has 0 unspecified atom stereocenters. The van der Waals surface area contributed by atoms with Crippen molar-refractivity contribution < 1.29 is 4.39 Å². The molecule has 0 atom stereocenters. The number of anilines is 1. The van der Waals surface area contributed by atoms with Gasteiger partial charge in [0.25, 0.3) is 0 Å². The van der Waals surface area contributed by atoms with Crippen molar-refractivity contribution in [2.45, 2.75) is 53.5 Å². The number of nitrogens with one attached hydrogen (secondary N) is 1. The number of imidazole rings is 2. The fourth-order valence-corrected chi connectivity index (χ4v) is 3.52. The van der Waals surface area contributed by atoms with Gasteiger partial charge in [0.05, 0.1) is 11.4 Å². The van der Waals surface area contributed by atoms with Crippen LogP contribution in [-0.4, -0.2) is 24.5 Å². The zero-order valence-electron chi connectivity index (χ0n) is 19.7. The molecule has 178 valence electrons. The van der Waals surface area contributed by atoms with Crippen molar-refractivity contribution in [3.63, 3.8) is 0 Å². The van der Waals surface area contributed by atoms with Crippen molar-refractivity contribution >= 4 is 41.9 Å². The van der Waals surface area contributed by atoms with Gasteiger partial charge in [0.1, 0.15) is 22.9 Å². The number of hydrogen-bond acceptors (Lipinski definition) is 4. The molecule has 0 fully saturated rings. The Morgan fingerprint density at radius 2 is 1.55 bits per heavy atom. The maximum atomic E-state index is 13.5. The minimum Gasteiger partial charge on any atom is -0.369 e. The third kappa shape index (κ3) is 5.47. The van der Waals surface area contributed by atoms with E-state index < -0.39 is 0 Å². The summed E-state index contributed by atoms with van der Waals surface area (Å²) in [6.07, 6.45) is 0. The molecule has 3 aromatic heterocycles. The van der Waals surface area contributed by atoms with Gasteiger partial charge in [-0.05, 0) is 41.8 Å². The number of H-pyrrole nitrogens is 1. The highest BCUT2D eigenvalue weighted by Crippen LogP contribution is 2.34. The number of pyridine rings is 1. The number of rotatable bonds is 3. The van der Waals surface area contributed by atoms with Gasteiger partial charge in [0, 0.05) is 17.5 Å². The first-order chi connectivity index (χ1) is 14.4. The molecule has 33 heavy (non-hydrogen) atoms. The van der Waals surface area contributed by atoms with Gasteiger partial charge in [-0.2, -0.15) is 0 Å². The minimum atomic E-state index is -0.276. The van der Waals surface area contributed by atoms with Crippen LogP contribution in [0.3, 0.4) is 0 Å². The monoisotopic (exact) mass is 492 g/mol. The van der Waals surface area contributed by atoms with E-state index in [4.69, 9.17) is 15.7 Å². The maximum Gasteiger partial charge on any atom is 0.202 e. The number of nitrogen functional groups attached to an aromatic ring is 1. The van der Waals surface area contributed by atoms with E-state index in [2.05, 4.69) is 51.5 Å². The molecule has 0 bridgehead atoms. The van der Waals surface area contributed by atoms with Gasteiger partial charge in [0.15, 0.2) is 5.65 Å². The molecule has 0 saturated heterocycles. The zero-order valence-corrected chi connectivity index (χ0v) is 21.4. The van der Waals surface area contributed by atoms with Crippen LogP contribution in [0, 0.1) is 11.2 Å². The second-order valence-corrected chi connectivity index (χ2v) is 10.2. The molecule has 0 radical (unpaired) electrons. The maximum absolute atomic E-state index is 13.5. The van der Waals surface area contributed by atoms with E-state index in [1.165, 1.54) is 12.1 Å². The Hall–Kier alpha value is -2.64. The van der Waals surface area contributed by atoms with E-state index >= 15 is 0 Å². The lowest BCUT2D eigenvalue weighted by Gasteiger charge is -2.19. The SMILES string of the molecule is CC(C)(C)Cn1c(N)nc2ccc(-c3nc(C(C)(C)C)[nH]c3-c3ccc(F)cc3)nc21.Cl.Cl. The fraction of sp³-hybridized carbons (Fsp3) is 0.375. The number of fused-ring (bicyclic) bond motifs is 1. The Morgan fingerprint density at radius 1 is 0.909 bits per heavy atom. The van der Waals surface area contributed by atoms with Crippen molar-refractivity contribution in [1.29, 1.82) is 0 Å². The van der Waals surface area contributed by atoms with Crippen LogP contribution in [0.25, 0.3) is 33.8 Å². The molecule has 0 aliphatic rings. The summed E-state index contributed by atoms with van der Waals surface area (Å²) in [6.45, 7) is 13.4. The highest BCUT2D eigenvalue weighted by atomic mass is 35.5. The van der Waals surface area contributed by atoms with E-state index in [9.17, 15) is 4.39 Å². The summed E-state index contributed by atoms with van der Waals surface area (Å²) in [5.74, 6) is 1.01. The number of aromatic amines is 1. The lowest BCUT2D eigenvalue weighted by atomic mass is 9.96. The van der Waals surface area contributed by atoms with E-state index in [1.807, 2.05) is 16.7 Å². The van der Waals surface area contributed by atoms with Crippen molar-refractivity contribution in [3.05, 3.63) is 48.0 Å². The molecule has 3 heterocycles. The summed E-state index contributed by atoms with van der Waals surface area (Å²) in [5.41, 5.74) is 10.6. The van der Waals surface area contributed by atoms with Gasteiger partial charge in [-0.15, -0.1) is 24.8 Å². The Morgan fingerprint density at radius 3 is 2.12 bits per heavy atom. The Kier molecular flexibility index (Phi) is 7.51. The average Bonchev–Trinajstić information content (AvgIpc) is 3.23. The highest BCUT2D eigenvalue weighted by molar-refractivity contribution is 5.85. The molecule has 0 saturated carbocycles. The fourth-order valence-electron chi connectivity index (χ4n) is 3.52. The summed E-state index contributed by atoms with van der Waals surface area (Å²) in [4.78, 5) is 17.7. The van der Waals surface area contributed by atoms with Crippen molar-refractivity contribution in [1.82, 2.24) is 24.5 Å². The van der Waals surface area contributed by atoms with Crippen LogP contribution < -0.4 is 5.73 Å². The van der Waals surface area contributed by atoms with E-state index in [0.717, 1.165) is 33.9 Å². The summed E-state index contributed by atoms with van der Waals surface area (Å²) < 4.78 is 15.5. The Bertz CT molecular complexity index is 1250. The van der Waals surface area contributed by atoms with Crippen LogP contribution >= 0.6 is 24.8 Å². The normalized spacial score (nSPS) is 11.8. The average molecular weight is 493 g/mol. The molecule has 0 spiro atoms. The van der Waals surface area contributed by atoms with Crippen molar-refractivity contribution in [2.75, 3.05) is 5.73 Å². The zero-order chi connectivity index (χ0) is 22.6. The third-order valence-electron chi connectivity index (χ3n) is 5.04. The Balaban J connectivity index is 0.00000193. The van der Waals surface area contributed by atoms with Crippen LogP contribution in [0.2, 0.25) is 0 Å². The molecule has 3 N–H and O–H groups in total. The predicted octanol–water partition coefficient (Wildman–Crippen LogP) is 6.40. The van der Waals surface area contributed by atoms with E-state index in [-0.39, 0.29) is 41.5 Å². The molecular formula is C24H31Cl2FN6. The van der Waals surface area contributed by atoms with E-state index in [1.54, 1.807) is 12.1 Å². The second-order valence-electron chi connectivity index (χ2n) is 10.2. The number of benzene rings is 1. The number of nitrogens with two attached hydrogens (primary N) is 1. The van der Waals surface area contributed by atoms with Gasteiger partial charge in [-0.3, -0.25) is 4.57 Å². The molecule has 6 nitrogen and oxygen atoms in total. The largest absolute Gasteiger partial charge is 0.369 e. The smallest absolute Gasteiger partial charge is 0.202 e. The topological polar surface area (TPSA) is 85.4 Å². The van der Waals surface area contributed by atoms with E-state index in [0.29, 0.717) is 18.2 Å². The van der Waals surface area contributed by atoms with Gasteiger partial charge in [-0.25, -0.2) is 19.3 Å². The minimum absolute atomic E-state index is 0. The van der Waals surface area contributed by atoms with Gasteiger partial charge >= 0.3 is 0 Å². The summed E-state index contributed by atoms with van der Waals surface area (Å²) in [7, 11) is 0. The molecular weight excluding hydrogens is 462 g/mol. The molecule has 4 rings (SSSR count). The molecule has 1 aromatic carbocycles. The quantitative estimate of drug-likeness (QED) is 0.346. The summed E-state index contributed by atoms with van der Waals surface area (Å²) in [5, 5.41) is 0. The van der Waals surface area contributed by atoms with Crippen LogP contribution in [0.15, 0.2) is 36.4 Å². The van der Waals surface area contributed by atoms with Crippen LogP contribution in [-0.2, 0) is 12.0 Å². The standard InChI is InChI=1S/C24H29FN6.2ClH/c1-23(2,3)13-31-20-17(28-22(31)26)12-11-16(27-20)19-18(14-7-9-15(25)10-8-14)29-21(30-19)24(4,5)6;;/h7-12H,13H2,1-6H3,(H2,26,28)(H,29,30);2*1H. The molecule has 0 amide bonds. The summed E-state index contributed by atoms with van der Waals surface area (Å²) in [6, 6.07) is 10.2. The number of nitrogens with zero attached hydrogens (tertiary/aromatic N) is 4. The van der Waals surface area contributed by atoms with Crippen LogP contribution in [0.5, 0.6) is 0 Å².